The van der Waals surface area contributed by atoms with Crippen LogP contribution in [-0.4, -0.2) is 56.5 Å². The van der Waals surface area contributed by atoms with E-state index in [2.05, 4.69) is 0 Å². The fourth-order valence-corrected chi connectivity index (χ4v) is 2.49. The van der Waals surface area contributed by atoms with Crippen LogP contribution in [0.4, 0.5) is 0 Å². The minimum atomic E-state index is -3.25. The van der Waals surface area contributed by atoms with Crippen molar-refractivity contribution in [3.05, 3.63) is 0 Å². The maximum atomic E-state index is 11.4. The van der Waals surface area contributed by atoms with E-state index in [1.807, 2.05) is 0 Å². The minimum absolute atomic E-state index is 0.188. The van der Waals surface area contributed by atoms with E-state index in [4.69, 9.17) is 9.84 Å². The minimum Gasteiger partial charge on any atom is -0.395 e. The van der Waals surface area contributed by atoms with Crippen molar-refractivity contribution < 1.29 is 18.3 Å². The van der Waals surface area contributed by atoms with Crippen LogP contribution < -0.4 is 0 Å². The molecule has 0 aromatic rings. The highest BCUT2D eigenvalue weighted by Gasteiger charge is 2.22. The summed E-state index contributed by atoms with van der Waals surface area (Å²) in [6.45, 7) is 1.65. The SMILES string of the molecule is O=S(=O)(CCO)N1CCCOCC1. The van der Waals surface area contributed by atoms with E-state index in [0.29, 0.717) is 26.3 Å². The lowest BCUT2D eigenvalue weighted by Gasteiger charge is -2.18. The third-order valence-electron chi connectivity index (χ3n) is 1.92. The van der Waals surface area contributed by atoms with Gasteiger partial charge in [-0.3, -0.25) is 0 Å². The van der Waals surface area contributed by atoms with E-state index in [1.165, 1.54) is 4.31 Å². The highest BCUT2D eigenvalue weighted by atomic mass is 32.2. The van der Waals surface area contributed by atoms with Crippen LogP contribution in [0, 0.1) is 0 Å². The maximum Gasteiger partial charge on any atom is 0.216 e. The van der Waals surface area contributed by atoms with Crippen LogP contribution in [0.2, 0.25) is 0 Å². The van der Waals surface area contributed by atoms with Gasteiger partial charge in [0, 0.05) is 19.7 Å². The van der Waals surface area contributed by atoms with Crippen molar-refractivity contribution in [1.29, 1.82) is 0 Å². The van der Waals surface area contributed by atoms with Crippen molar-refractivity contribution in [2.24, 2.45) is 0 Å². The summed E-state index contributed by atoms with van der Waals surface area (Å²) in [4.78, 5) is 0. The summed E-state index contributed by atoms with van der Waals surface area (Å²) < 4.78 is 29.4. The van der Waals surface area contributed by atoms with Crippen LogP contribution in [0.1, 0.15) is 6.42 Å². The van der Waals surface area contributed by atoms with Crippen molar-refractivity contribution in [1.82, 2.24) is 4.31 Å². The standard InChI is InChI=1S/C7H15NO4S/c9-4-7-13(10,11)8-2-1-5-12-6-3-8/h9H,1-7H2. The Bertz CT molecular complexity index is 231. The lowest BCUT2D eigenvalue weighted by atomic mass is 10.5. The Kier molecular flexibility index (Phi) is 4.11. The zero-order valence-electron chi connectivity index (χ0n) is 7.48. The van der Waals surface area contributed by atoms with Gasteiger partial charge in [0.15, 0.2) is 0 Å². The highest BCUT2D eigenvalue weighted by molar-refractivity contribution is 7.89. The van der Waals surface area contributed by atoms with Crippen molar-refractivity contribution in [2.75, 3.05) is 38.7 Å². The molecular formula is C7H15NO4S. The number of ether oxygens (including phenoxy) is 1. The fraction of sp³-hybridized carbons (Fsp3) is 1.00. The molecule has 0 saturated carbocycles. The normalized spacial score (nSPS) is 21.3. The number of sulfonamides is 1. The Morgan fingerprint density at radius 1 is 1.31 bits per heavy atom. The predicted octanol–water partition coefficient (Wildman–Crippen LogP) is -0.969. The van der Waals surface area contributed by atoms with Gasteiger partial charge in [0.2, 0.25) is 10.0 Å². The number of nitrogens with zero attached hydrogens (tertiary/aromatic N) is 1. The van der Waals surface area contributed by atoms with Gasteiger partial charge in [-0.05, 0) is 6.42 Å². The summed E-state index contributed by atoms with van der Waals surface area (Å²) in [5.41, 5.74) is 0. The Morgan fingerprint density at radius 3 is 2.77 bits per heavy atom. The largest absolute Gasteiger partial charge is 0.395 e. The topological polar surface area (TPSA) is 66.8 Å². The van der Waals surface area contributed by atoms with Gasteiger partial charge in [0.05, 0.1) is 19.0 Å². The van der Waals surface area contributed by atoms with Gasteiger partial charge in [0.25, 0.3) is 0 Å². The van der Waals surface area contributed by atoms with Crippen molar-refractivity contribution in [3.63, 3.8) is 0 Å². The highest BCUT2D eigenvalue weighted by Crippen LogP contribution is 2.05. The van der Waals surface area contributed by atoms with Crippen molar-refractivity contribution in [2.45, 2.75) is 6.42 Å². The molecule has 1 rings (SSSR count). The maximum absolute atomic E-state index is 11.4. The van der Waals surface area contributed by atoms with Crippen molar-refractivity contribution in [3.8, 4) is 0 Å². The molecule has 78 valence electrons. The predicted molar refractivity (Wildman–Crippen MR) is 47.9 cm³/mol. The zero-order valence-corrected chi connectivity index (χ0v) is 8.29. The molecule has 0 atom stereocenters. The zero-order chi connectivity index (χ0) is 9.73. The van der Waals surface area contributed by atoms with Gasteiger partial charge in [-0.2, -0.15) is 4.31 Å². The quantitative estimate of drug-likeness (QED) is 0.649. The van der Waals surface area contributed by atoms with Gasteiger partial charge in [-0.15, -0.1) is 0 Å². The Labute approximate surface area is 78.4 Å². The van der Waals surface area contributed by atoms with Crippen molar-refractivity contribution >= 4 is 10.0 Å². The lowest BCUT2D eigenvalue weighted by molar-refractivity contribution is 0.148. The van der Waals surface area contributed by atoms with E-state index < -0.39 is 10.0 Å². The molecule has 0 amide bonds. The van der Waals surface area contributed by atoms with E-state index >= 15 is 0 Å². The average molecular weight is 209 g/mol. The molecule has 0 radical (unpaired) electrons. The van der Waals surface area contributed by atoms with Crippen LogP contribution in [0.25, 0.3) is 0 Å². The second-order valence-corrected chi connectivity index (χ2v) is 4.99. The van der Waals surface area contributed by atoms with Gasteiger partial charge in [-0.1, -0.05) is 0 Å². The molecule has 1 fully saturated rings. The first-order valence-electron chi connectivity index (χ1n) is 4.33. The smallest absolute Gasteiger partial charge is 0.216 e. The number of hydrogen-bond donors (Lipinski definition) is 1. The Balaban J connectivity index is 2.57. The molecule has 1 aliphatic heterocycles. The van der Waals surface area contributed by atoms with Gasteiger partial charge >= 0.3 is 0 Å². The summed E-state index contributed by atoms with van der Waals surface area (Å²) >= 11 is 0. The molecule has 0 aliphatic carbocycles. The molecule has 0 bridgehead atoms. The van der Waals surface area contributed by atoms with E-state index in [9.17, 15) is 8.42 Å². The number of hydrogen-bond acceptors (Lipinski definition) is 4. The molecule has 5 nitrogen and oxygen atoms in total. The monoisotopic (exact) mass is 209 g/mol. The number of aliphatic hydroxyl groups excluding tert-OH is 1. The van der Waals surface area contributed by atoms with E-state index in [1.54, 1.807) is 0 Å². The summed E-state index contributed by atoms with van der Waals surface area (Å²) in [6, 6.07) is 0. The summed E-state index contributed by atoms with van der Waals surface area (Å²) in [5, 5.41) is 8.57. The van der Waals surface area contributed by atoms with Crippen LogP contribution in [-0.2, 0) is 14.8 Å². The van der Waals surface area contributed by atoms with E-state index in [0.717, 1.165) is 6.42 Å². The molecule has 1 saturated heterocycles. The summed E-state index contributed by atoms with van der Waals surface area (Å²) in [7, 11) is -3.25. The first-order chi connectivity index (χ1) is 6.17. The van der Waals surface area contributed by atoms with E-state index in [-0.39, 0.29) is 12.4 Å². The third kappa shape index (κ3) is 3.22. The molecule has 1 heterocycles. The molecule has 1 N–H and O–H groups in total. The average Bonchev–Trinajstić information content (AvgIpc) is 2.31. The van der Waals surface area contributed by atoms with Crippen LogP contribution in [0.5, 0.6) is 0 Å². The van der Waals surface area contributed by atoms with Crippen LogP contribution in [0.15, 0.2) is 0 Å². The molecule has 0 spiro atoms. The molecule has 6 heteroatoms. The number of aliphatic hydroxyl groups is 1. The first-order valence-corrected chi connectivity index (χ1v) is 5.94. The summed E-state index contributed by atoms with van der Waals surface area (Å²) in [6.07, 6.45) is 0.727. The third-order valence-corrected chi connectivity index (χ3v) is 3.77. The lowest BCUT2D eigenvalue weighted by Crippen LogP contribution is -2.35. The van der Waals surface area contributed by atoms with Crippen LogP contribution >= 0.6 is 0 Å². The van der Waals surface area contributed by atoms with Crippen LogP contribution in [0.3, 0.4) is 0 Å². The summed E-state index contributed by atoms with van der Waals surface area (Å²) in [5.74, 6) is -0.188. The molecular weight excluding hydrogens is 194 g/mol. The van der Waals surface area contributed by atoms with Gasteiger partial charge in [0.1, 0.15) is 0 Å². The molecule has 13 heavy (non-hydrogen) atoms. The molecule has 1 aliphatic rings. The molecule has 0 aromatic carbocycles. The number of rotatable bonds is 3. The first kappa shape index (κ1) is 10.9. The molecule has 0 unspecified atom stereocenters. The molecule has 0 aromatic heterocycles. The second kappa shape index (κ2) is 4.90. The Morgan fingerprint density at radius 2 is 2.08 bits per heavy atom. The Hall–Kier alpha value is -0.170. The fourth-order valence-electron chi connectivity index (χ4n) is 1.25. The van der Waals surface area contributed by atoms with Gasteiger partial charge in [-0.25, -0.2) is 8.42 Å². The van der Waals surface area contributed by atoms with Gasteiger partial charge < -0.3 is 9.84 Å². The second-order valence-electron chi connectivity index (χ2n) is 2.90.